The number of rotatable bonds is 16. The Morgan fingerprint density at radius 3 is 1.70 bits per heavy atom. The molecule has 2 rings (SSSR count). The standard InChI is InChI=1S/C26H31N3O9S2/c1-2-36-22(30)13-27-23(31)20(28-25(34)37-14-18-9-5-3-6-10-18)16-39-40-17-21(24(32)33)29-26(35)38-15-19-11-7-4-8-12-19/h3-12,20-21H,2,13-17H2,1H3,(H,27,31)(H,28,34)(H,29,35)(H,32,33)/t20-,21-/m1/s1. The maximum atomic E-state index is 12.7. The number of hydrogen-bond acceptors (Lipinski definition) is 10. The highest BCUT2D eigenvalue weighted by atomic mass is 33.1. The summed E-state index contributed by atoms with van der Waals surface area (Å²) in [4.78, 5) is 60.3. The molecule has 0 saturated carbocycles. The fourth-order valence-corrected chi connectivity index (χ4v) is 5.22. The lowest BCUT2D eigenvalue weighted by Gasteiger charge is -2.18. The van der Waals surface area contributed by atoms with E-state index < -0.39 is 48.7 Å². The predicted molar refractivity (Wildman–Crippen MR) is 149 cm³/mol. The van der Waals surface area contributed by atoms with Gasteiger partial charge in [-0.05, 0) is 18.1 Å². The third kappa shape index (κ3) is 13.2. The number of aliphatic carboxylic acids is 1. The Labute approximate surface area is 239 Å². The van der Waals surface area contributed by atoms with E-state index in [0.717, 1.165) is 32.7 Å². The topological polar surface area (TPSA) is 169 Å². The van der Waals surface area contributed by atoms with Crippen molar-refractivity contribution in [3.05, 3.63) is 71.8 Å². The SMILES string of the molecule is CCOC(=O)CNC(=O)[C@@H](CSSC[C@@H](NC(=O)OCc1ccccc1)C(=O)O)NC(=O)OCc1ccccc1. The number of carbonyl (C=O) groups excluding carboxylic acids is 4. The highest BCUT2D eigenvalue weighted by molar-refractivity contribution is 8.76. The van der Waals surface area contributed by atoms with Gasteiger partial charge in [-0.1, -0.05) is 82.3 Å². The highest BCUT2D eigenvalue weighted by Crippen LogP contribution is 2.23. The molecule has 12 nitrogen and oxygen atoms in total. The second kappa shape index (κ2) is 18.4. The quantitative estimate of drug-likeness (QED) is 0.0977. The van der Waals surface area contributed by atoms with Gasteiger partial charge >= 0.3 is 24.1 Å². The molecule has 216 valence electrons. The summed E-state index contributed by atoms with van der Waals surface area (Å²) in [6.07, 6.45) is -1.74. The van der Waals surface area contributed by atoms with Crippen LogP contribution in [0.3, 0.4) is 0 Å². The summed E-state index contributed by atoms with van der Waals surface area (Å²) in [7, 11) is 2.15. The van der Waals surface area contributed by atoms with Gasteiger partial charge in [0.05, 0.1) is 6.61 Å². The van der Waals surface area contributed by atoms with Gasteiger partial charge in [0.15, 0.2) is 0 Å². The number of carboxylic acids is 1. The van der Waals surface area contributed by atoms with Crippen LogP contribution in [-0.4, -0.2) is 71.9 Å². The van der Waals surface area contributed by atoms with Crippen LogP contribution in [0.4, 0.5) is 9.59 Å². The van der Waals surface area contributed by atoms with Crippen molar-refractivity contribution in [2.75, 3.05) is 24.7 Å². The zero-order chi connectivity index (χ0) is 29.2. The van der Waals surface area contributed by atoms with Crippen molar-refractivity contribution in [1.29, 1.82) is 0 Å². The molecule has 0 radical (unpaired) electrons. The van der Waals surface area contributed by atoms with Crippen LogP contribution >= 0.6 is 21.6 Å². The van der Waals surface area contributed by atoms with Gasteiger partial charge in [0.25, 0.3) is 0 Å². The maximum absolute atomic E-state index is 12.7. The molecule has 14 heteroatoms. The molecular formula is C26H31N3O9S2. The van der Waals surface area contributed by atoms with E-state index in [-0.39, 0.29) is 31.3 Å². The number of nitrogens with one attached hydrogen (secondary N) is 3. The summed E-state index contributed by atoms with van der Waals surface area (Å²) in [5.74, 6) is -2.62. The van der Waals surface area contributed by atoms with Crippen LogP contribution in [0.1, 0.15) is 18.1 Å². The first-order valence-corrected chi connectivity index (χ1v) is 14.6. The molecule has 0 spiro atoms. The Morgan fingerprint density at radius 1 is 0.750 bits per heavy atom. The van der Waals surface area contributed by atoms with Gasteiger partial charge < -0.3 is 35.3 Å². The van der Waals surface area contributed by atoms with Gasteiger partial charge in [0, 0.05) is 11.5 Å². The van der Waals surface area contributed by atoms with E-state index in [4.69, 9.17) is 14.2 Å². The lowest BCUT2D eigenvalue weighted by Crippen LogP contribution is -2.49. The third-order valence-electron chi connectivity index (χ3n) is 4.89. The molecule has 2 aromatic carbocycles. The summed E-state index contributed by atoms with van der Waals surface area (Å²) >= 11 is 0. The second-order valence-electron chi connectivity index (χ2n) is 7.95. The lowest BCUT2D eigenvalue weighted by molar-refractivity contribution is -0.143. The van der Waals surface area contributed by atoms with Crippen LogP contribution in [-0.2, 0) is 41.8 Å². The minimum atomic E-state index is -1.27. The van der Waals surface area contributed by atoms with Gasteiger partial charge in [0.1, 0.15) is 31.8 Å². The maximum Gasteiger partial charge on any atom is 0.408 e. The average Bonchev–Trinajstić information content (AvgIpc) is 2.95. The van der Waals surface area contributed by atoms with Gasteiger partial charge in [0.2, 0.25) is 5.91 Å². The molecule has 2 atom stereocenters. The van der Waals surface area contributed by atoms with Gasteiger partial charge in [-0.2, -0.15) is 0 Å². The molecule has 0 aliphatic carbocycles. The van der Waals surface area contributed by atoms with Crippen molar-refractivity contribution in [2.45, 2.75) is 32.2 Å². The first kappa shape index (κ1) is 32.3. The van der Waals surface area contributed by atoms with Crippen molar-refractivity contribution in [1.82, 2.24) is 16.0 Å². The largest absolute Gasteiger partial charge is 0.480 e. The van der Waals surface area contributed by atoms with Crippen molar-refractivity contribution in [3.63, 3.8) is 0 Å². The monoisotopic (exact) mass is 593 g/mol. The summed E-state index contributed by atoms with van der Waals surface area (Å²) in [5, 5.41) is 16.6. The fraction of sp³-hybridized carbons (Fsp3) is 0.346. The summed E-state index contributed by atoms with van der Waals surface area (Å²) in [6.45, 7) is 1.35. The molecule has 4 N–H and O–H groups in total. The van der Waals surface area contributed by atoms with E-state index >= 15 is 0 Å². The Bertz CT molecular complexity index is 1110. The van der Waals surface area contributed by atoms with Gasteiger partial charge in [-0.15, -0.1) is 0 Å². The number of alkyl carbamates (subject to hydrolysis) is 2. The van der Waals surface area contributed by atoms with Crippen LogP contribution in [0.25, 0.3) is 0 Å². The summed E-state index contributed by atoms with van der Waals surface area (Å²) in [5.41, 5.74) is 1.50. The minimum Gasteiger partial charge on any atom is -0.480 e. The van der Waals surface area contributed by atoms with E-state index in [1.807, 2.05) is 12.1 Å². The van der Waals surface area contributed by atoms with E-state index in [1.54, 1.807) is 55.5 Å². The molecular weight excluding hydrogens is 562 g/mol. The van der Waals surface area contributed by atoms with E-state index in [1.165, 1.54) is 0 Å². The number of amides is 3. The van der Waals surface area contributed by atoms with E-state index in [9.17, 15) is 29.1 Å². The molecule has 40 heavy (non-hydrogen) atoms. The normalized spacial score (nSPS) is 11.8. The lowest BCUT2D eigenvalue weighted by atomic mass is 10.2. The van der Waals surface area contributed by atoms with Crippen molar-refractivity contribution < 1.29 is 43.3 Å². The highest BCUT2D eigenvalue weighted by Gasteiger charge is 2.25. The number of esters is 1. The van der Waals surface area contributed by atoms with Crippen molar-refractivity contribution in [2.24, 2.45) is 0 Å². The average molecular weight is 594 g/mol. The number of carboxylic acid groups (broad SMARTS) is 1. The van der Waals surface area contributed by atoms with Crippen molar-refractivity contribution in [3.8, 4) is 0 Å². The van der Waals surface area contributed by atoms with Crippen LogP contribution in [0.2, 0.25) is 0 Å². The Morgan fingerprint density at radius 2 is 1.23 bits per heavy atom. The smallest absolute Gasteiger partial charge is 0.408 e. The van der Waals surface area contributed by atoms with Crippen LogP contribution in [0.15, 0.2) is 60.7 Å². The summed E-state index contributed by atoms with van der Waals surface area (Å²) < 4.78 is 15.0. The Balaban J connectivity index is 1.85. The fourth-order valence-electron chi connectivity index (χ4n) is 2.90. The van der Waals surface area contributed by atoms with Crippen LogP contribution < -0.4 is 16.0 Å². The van der Waals surface area contributed by atoms with E-state index in [2.05, 4.69) is 16.0 Å². The molecule has 0 unspecified atom stereocenters. The van der Waals surface area contributed by atoms with Gasteiger partial charge in [-0.3, -0.25) is 9.59 Å². The molecule has 0 heterocycles. The number of ether oxygens (including phenoxy) is 3. The number of hydrogen-bond donors (Lipinski definition) is 4. The first-order valence-electron chi connectivity index (χ1n) is 12.1. The molecule has 0 aliphatic heterocycles. The predicted octanol–water partition coefficient (Wildman–Crippen LogP) is 2.72. The molecule has 0 aromatic heterocycles. The molecule has 0 fully saturated rings. The van der Waals surface area contributed by atoms with Crippen LogP contribution in [0, 0.1) is 0 Å². The molecule has 0 aliphatic rings. The molecule has 3 amide bonds. The zero-order valence-corrected chi connectivity index (χ0v) is 23.3. The van der Waals surface area contributed by atoms with Crippen molar-refractivity contribution >= 4 is 51.6 Å². The first-order chi connectivity index (χ1) is 19.3. The molecule has 0 bridgehead atoms. The Hall–Kier alpha value is -3.91. The van der Waals surface area contributed by atoms with Gasteiger partial charge in [-0.25, -0.2) is 14.4 Å². The van der Waals surface area contributed by atoms with E-state index in [0.29, 0.717) is 0 Å². The molecule has 2 aromatic rings. The van der Waals surface area contributed by atoms with Crippen LogP contribution in [0.5, 0.6) is 0 Å². The Kier molecular flexibility index (Phi) is 14.9. The third-order valence-corrected chi connectivity index (χ3v) is 7.31. The number of benzene rings is 2. The minimum absolute atomic E-state index is 0.00452. The molecule has 0 saturated heterocycles. The zero-order valence-electron chi connectivity index (χ0n) is 21.7. The second-order valence-corrected chi connectivity index (χ2v) is 10.5. The summed E-state index contributed by atoms with van der Waals surface area (Å²) in [6, 6.07) is 15.5. The number of carbonyl (C=O) groups is 5.